The van der Waals surface area contributed by atoms with Gasteiger partial charge in [0.25, 0.3) is 0 Å². The summed E-state index contributed by atoms with van der Waals surface area (Å²) in [5.74, 6) is -0.206. The number of nitrogens with zero attached hydrogens (tertiary/aromatic N) is 11. The summed E-state index contributed by atoms with van der Waals surface area (Å²) in [5.41, 5.74) is 1.97. The fourth-order valence-corrected chi connectivity index (χ4v) is 14.4. The van der Waals surface area contributed by atoms with Crippen LogP contribution in [0.3, 0.4) is 0 Å². The Labute approximate surface area is 608 Å². The normalized spacial score (nSPS) is 21.2. The molecule has 3 amide bonds. The lowest BCUT2D eigenvalue weighted by molar-refractivity contribution is -0.261. The average molecular weight is 1560 g/mol. The van der Waals surface area contributed by atoms with Crippen LogP contribution in [0.15, 0.2) is 82.3 Å². The Bertz CT molecular complexity index is 3890. The van der Waals surface area contributed by atoms with Crippen LogP contribution >= 0.6 is 31.9 Å². The van der Waals surface area contributed by atoms with E-state index in [1.165, 1.54) is 39.0 Å². The number of anilines is 4. The molecule has 12 rings (SSSR count). The number of carbonyl (C=O) groups is 6. The number of alkyl carbamates (subject to hydrolysis) is 1. The standard InChI is InChI=1S/C68H81Br2F2N15O16/c1-95-55-27-47-53(73-40-75-62(47)79-51-5-3-45(69)25-49(51)71)29-57(55)100-34-43-7-11-85(12-8-43)65(93)98-23-20-81(19-22-97-64(92)77-42-78-87-18-17-84-33-60(90)102-67(37-84)36-82(31-59(88)89)15-16-83-32-61(91)103-68(67,38-83)39-87)21-24-99-66(94)86-13-9-44(10-14-86)35-101-58-30-54-48(28-56(58)96-2)63(76-41-74-54)80-52-6-4-46(70)26-50(52)72/h3-6,25-30,40-41,43-44,78H,7-24,31-39,42H2,1-2H3,(H,77,92)(H,88,89)(H,73,75,79)(H,74,76,80)/t67?,68-/m1/s1. The van der Waals surface area contributed by atoms with Crippen molar-refractivity contribution in [2.24, 2.45) is 11.8 Å². The molecule has 6 aliphatic rings. The van der Waals surface area contributed by atoms with E-state index in [2.05, 4.69) is 73.2 Å². The van der Waals surface area contributed by atoms with E-state index in [1.807, 2.05) is 14.7 Å². The lowest BCUT2D eigenvalue weighted by Crippen LogP contribution is -2.80. The van der Waals surface area contributed by atoms with E-state index in [-0.39, 0.29) is 115 Å². The van der Waals surface area contributed by atoms with E-state index in [9.17, 15) is 42.7 Å². The van der Waals surface area contributed by atoms with Crippen molar-refractivity contribution < 1.29 is 85.3 Å². The molecule has 35 heteroatoms. The molecule has 6 saturated heterocycles. The fourth-order valence-electron chi connectivity index (χ4n) is 13.7. The molecule has 4 aromatic carbocycles. The third-order valence-corrected chi connectivity index (χ3v) is 20.1. The number of carbonyl (C=O) groups excluding carboxylic acids is 5. The molecule has 0 radical (unpaired) electrons. The highest BCUT2D eigenvalue weighted by Gasteiger charge is 2.64. The summed E-state index contributed by atoms with van der Waals surface area (Å²) in [5, 5.41) is 21.6. The van der Waals surface area contributed by atoms with Gasteiger partial charge in [-0.2, -0.15) is 0 Å². The number of halogens is 4. The number of hydrogen-bond donors (Lipinski definition) is 5. The van der Waals surface area contributed by atoms with Gasteiger partial charge in [0, 0.05) is 123 Å². The van der Waals surface area contributed by atoms with E-state index in [4.69, 9.17) is 42.6 Å². The monoisotopic (exact) mass is 1560 g/mol. The summed E-state index contributed by atoms with van der Waals surface area (Å²) in [4.78, 5) is 107. The Morgan fingerprint density at radius 1 is 0.602 bits per heavy atom. The number of methoxy groups -OCH3 is 2. The predicted molar refractivity (Wildman–Crippen MR) is 374 cm³/mol. The van der Waals surface area contributed by atoms with Gasteiger partial charge >= 0.3 is 36.2 Å². The van der Waals surface area contributed by atoms with E-state index in [0.717, 1.165) is 0 Å². The van der Waals surface area contributed by atoms with Gasteiger partial charge in [0.15, 0.2) is 34.2 Å². The maximum Gasteiger partial charge on any atom is 0.409 e. The van der Waals surface area contributed by atoms with Crippen molar-refractivity contribution in [2.75, 3.05) is 182 Å². The van der Waals surface area contributed by atoms with Crippen LogP contribution in [-0.2, 0) is 38.1 Å². The number of esters is 2. The summed E-state index contributed by atoms with van der Waals surface area (Å²) in [6, 6.07) is 16.3. The average Bonchev–Trinajstić information content (AvgIpc) is 0.721. The lowest BCUT2D eigenvalue weighted by atomic mass is 9.77. The largest absolute Gasteiger partial charge is 0.493 e. The highest BCUT2D eigenvalue weighted by molar-refractivity contribution is 9.10. The second-order valence-electron chi connectivity index (χ2n) is 26.1. The Kier molecular flexibility index (Phi) is 24.2. The number of benzene rings is 4. The zero-order valence-electron chi connectivity index (χ0n) is 56.9. The van der Waals surface area contributed by atoms with Gasteiger partial charge in [-0.25, -0.2) is 53.5 Å². The quantitative estimate of drug-likeness (QED) is 0.0222. The number of hydrogen-bond acceptors (Lipinski definition) is 27. The molecule has 3 unspecified atom stereocenters. The summed E-state index contributed by atoms with van der Waals surface area (Å²) in [6.45, 7) is 4.23. The van der Waals surface area contributed by atoms with Crippen molar-refractivity contribution in [2.45, 2.75) is 36.9 Å². The second-order valence-corrected chi connectivity index (χ2v) is 27.9. The van der Waals surface area contributed by atoms with Crippen molar-refractivity contribution in [3.05, 3.63) is 93.9 Å². The Balaban J connectivity index is 0.624. The summed E-state index contributed by atoms with van der Waals surface area (Å²) >= 11 is 6.57. The van der Waals surface area contributed by atoms with Crippen LogP contribution < -0.4 is 40.3 Å². The number of fused-ring (bicyclic) bond motifs is 4. The van der Waals surface area contributed by atoms with Crippen LogP contribution in [-0.4, -0.2) is 279 Å². The van der Waals surface area contributed by atoms with Gasteiger partial charge in [0.1, 0.15) is 55.7 Å². The van der Waals surface area contributed by atoms with E-state index < -0.39 is 59.0 Å². The minimum Gasteiger partial charge on any atom is -0.493 e. The molecule has 31 nitrogen and oxygen atoms in total. The van der Waals surface area contributed by atoms with Crippen LogP contribution in [0.4, 0.5) is 46.2 Å². The number of piperidine rings is 2. The number of aliphatic carboxylic acids is 1. The van der Waals surface area contributed by atoms with Crippen LogP contribution in [0, 0.1) is 23.5 Å². The number of nitrogens with one attached hydrogen (secondary N) is 4. The number of morpholine rings is 2. The van der Waals surface area contributed by atoms with Gasteiger partial charge in [0.2, 0.25) is 0 Å². The number of aromatic nitrogens is 4. The number of ether oxygens (including phenoxy) is 9. The molecular weight excluding hydrogens is 1480 g/mol. The minimum atomic E-state index is -1.41. The molecule has 4 bridgehead atoms. The van der Waals surface area contributed by atoms with Crippen molar-refractivity contribution in [1.82, 2.24) is 65.1 Å². The number of amides is 3. The molecule has 6 fully saturated rings. The first-order valence-electron chi connectivity index (χ1n) is 33.9. The fraction of sp³-hybridized carbons (Fsp3) is 0.500. The van der Waals surface area contributed by atoms with Gasteiger partial charge < -0.3 is 73.5 Å². The van der Waals surface area contributed by atoms with Gasteiger partial charge in [-0.3, -0.25) is 34.0 Å². The van der Waals surface area contributed by atoms with Crippen molar-refractivity contribution in [3.8, 4) is 23.0 Å². The number of carboxylic acids is 1. The van der Waals surface area contributed by atoms with Crippen molar-refractivity contribution in [1.29, 1.82) is 0 Å². The molecule has 0 saturated carbocycles. The van der Waals surface area contributed by atoms with Gasteiger partial charge in [-0.05, 0) is 86.1 Å². The number of likely N-dealkylation sites (tertiary alicyclic amines) is 2. The van der Waals surface area contributed by atoms with E-state index in [1.54, 1.807) is 68.2 Å². The minimum absolute atomic E-state index is 0.0165. The molecule has 2 spiro atoms. The third-order valence-electron chi connectivity index (χ3n) is 19.2. The second kappa shape index (κ2) is 33.7. The summed E-state index contributed by atoms with van der Waals surface area (Å²) in [6.07, 6.45) is 3.53. The molecule has 4 atom stereocenters. The Morgan fingerprint density at radius 3 is 1.55 bits per heavy atom. The molecule has 6 aliphatic heterocycles. The number of carboxylic acid groups (broad SMARTS) is 1. The van der Waals surface area contributed by atoms with Crippen LogP contribution in [0.2, 0.25) is 0 Å². The number of rotatable bonds is 26. The Morgan fingerprint density at radius 2 is 1.08 bits per heavy atom. The topological polar surface area (TPSA) is 328 Å². The smallest absolute Gasteiger partial charge is 0.409 e. The third kappa shape index (κ3) is 18.6. The van der Waals surface area contributed by atoms with E-state index >= 15 is 0 Å². The molecular formula is C68H81Br2F2N15O16. The molecule has 103 heavy (non-hydrogen) atoms. The molecule has 6 aromatic rings. The molecule has 552 valence electrons. The van der Waals surface area contributed by atoms with Crippen LogP contribution in [0.25, 0.3) is 21.8 Å². The van der Waals surface area contributed by atoms with E-state index in [0.29, 0.717) is 157 Å². The highest BCUT2D eigenvalue weighted by atomic mass is 79.9. The molecule has 8 heterocycles. The van der Waals surface area contributed by atoms with Crippen molar-refractivity contribution in [3.63, 3.8) is 0 Å². The zero-order valence-corrected chi connectivity index (χ0v) is 60.1. The molecule has 2 aromatic heterocycles. The molecule has 5 N–H and O–H groups in total. The first kappa shape index (κ1) is 73.9. The number of hydrazine groups is 1. The SMILES string of the molecule is COc1cc2c(Nc3ccc(Br)cc3F)ncnc2cc1OCC1CCN(C(=O)OCCN(CCOC(=O)NCNN2CCN3CC(=O)OC4(CN(CC(=O)O)CCN5CC(=O)O[C@]4(C5)C2)C3)CCOC(=O)N2CCC(COc3cc4ncnc(Nc5ccc(Br)cc5F)c4cc3OC)CC2)CC1. The summed E-state index contributed by atoms with van der Waals surface area (Å²) in [7, 11) is 3.05. The first-order chi connectivity index (χ1) is 49.8. The first-order valence-corrected chi connectivity index (χ1v) is 35.5. The lowest BCUT2D eigenvalue weighted by Gasteiger charge is -2.59. The zero-order chi connectivity index (χ0) is 72.2. The van der Waals surface area contributed by atoms with Crippen LogP contribution in [0.1, 0.15) is 25.7 Å². The highest BCUT2D eigenvalue weighted by Crippen LogP contribution is 2.42. The summed E-state index contributed by atoms with van der Waals surface area (Å²) < 4.78 is 84.5. The van der Waals surface area contributed by atoms with Gasteiger partial charge in [0.05, 0.1) is 82.7 Å². The maximum atomic E-state index is 14.8. The van der Waals surface area contributed by atoms with Gasteiger partial charge in [-0.15, -0.1) is 0 Å². The molecule has 0 aliphatic carbocycles. The maximum absolute atomic E-state index is 14.8. The predicted octanol–water partition coefficient (Wildman–Crippen LogP) is 6.44. The van der Waals surface area contributed by atoms with Crippen molar-refractivity contribution >= 4 is 113 Å². The van der Waals surface area contributed by atoms with Gasteiger partial charge in [-0.1, -0.05) is 31.9 Å². The Hall–Kier alpha value is -8.84. The van der Waals surface area contributed by atoms with Crippen LogP contribution in [0.5, 0.6) is 23.0 Å².